The molecule has 9 heteroatoms. The quantitative estimate of drug-likeness (QED) is 0.181. The Morgan fingerprint density at radius 1 is 1.25 bits per heavy atom. The van der Waals surface area contributed by atoms with Gasteiger partial charge >= 0.3 is 0 Å². The largest absolute Gasteiger partial charge is 0.383 e. The minimum absolute atomic E-state index is 0.0993. The molecule has 8 nitrogen and oxygen atoms in total. The Balaban J connectivity index is 1.54. The lowest BCUT2D eigenvalue weighted by molar-refractivity contribution is -0.109. The lowest BCUT2D eigenvalue weighted by atomic mass is 10.0. The third-order valence-electron chi connectivity index (χ3n) is 5.11. The van der Waals surface area contributed by atoms with Gasteiger partial charge in [-0.2, -0.15) is 9.61 Å². The minimum atomic E-state index is -0.0993. The highest BCUT2D eigenvalue weighted by Crippen LogP contribution is 2.39. The molecule has 0 aliphatic carbocycles. The van der Waals surface area contributed by atoms with Crippen LogP contribution in [0, 0.1) is 0 Å². The molecule has 1 saturated heterocycles. The molecule has 3 heterocycles. The standard InChI is InChI=1S/C19H22IN7O/c20-19(26(13-22-14-28)15-4-2-1-3-5-15)7-10-25(11-8-19)18-12-16(21)27-17(24-18)6-9-23-27/h1-6,9,12,14H,7-8,10-11,13,21H2,(H,22,28). The number of piperidine rings is 1. The Morgan fingerprint density at radius 3 is 2.71 bits per heavy atom. The van der Waals surface area contributed by atoms with E-state index in [2.05, 4.69) is 54.9 Å². The Kier molecular flexibility index (Phi) is 5.25. The van der Waals surface area contributed by atoms with Crippen LogP contribution in [0.3, 0.4) is 0 Å². The summed E-state index contributed by atoms with van der Waals surface area (Å²) in [6.07, 6.45) is 4.30. The molecular formula is C19H22IN7O. The summed E-state index contributed by atoms with van der Waals surface area (Å²) in [5, 5.41) is 7.01. The number of benzene rings is 1. The number of alkyl halides is 1. The van der Waals surface area contributed by atoms with Gasteiger partial charge in [-0.25, -0.2) is 4.98 Å². The monoisotopic (exact) mass is 491 g/mol. The second-order valence-corrected chi connectivity index (χ2v) is 8.80. The highest BCUT2D eigenvalue weighted by Gasteiger charge is 2.38. The van der Waals surface area contributed by atoms with Gasteiger partial charge in [0, 0.05) is 30.9 Å². The van der Waals surface area contributed by atoms with Gasteiger partial charge in [-0.3, -0.25) is 4.79 Å². The van der Waals surface area contributed by atoms with Gasteiger partial charge in [0.25, 0.3) is 0 Å². The van der Waals surface area contributed by atoms with Crippen molar-refractivity contribution in [2.45, 2.75) is 16.4 Å². The fourth-order valence-corrected chi connectivity index (χ4v) is 4.57. The third kappa shape index (κ3) is 3.58. The summed E-state index contributed by atoms with van der Waals surface area (Å²) < 4.78 is 1.54. The van der Waals surface area contributed by atoms with Crippen molar-refractivity contribution >= 4 is 52.0 Å². The smallest absolute Gasteiger partial charge is 0.208 e. The Hall–Kier alpha value is -2.56. The second-order valence-electron chi connectivity index (χ2n) is 6.79. The number of aromatic nitrogens is 3. The number of para-hydroxylation sites is 1. The molecule has 1 aliphatic heterocycles. The van der Waals surface area contributed by atoms with Gasteiger partial charge in [-0.15, -0.1) is 0 Å². The van der Waals surface area contributed by atoms with Crippen LogP contribution in [0.1, 0.15) is 12.8 Å². The zero-order valence-corrected chi connectivity index (χ0v) is 17.5. The number of hydrogen-bond acceptors (Lipinski definition) is 6. The van der Waals surface area contributed by atoms with Gasteiger partial charge in [0.15, 0.2) is 5.65 Å². The van der Waals surface area contributed by atoms with Crippen molar-refractivity contribution in [3.05, 3.63) is 48.7 Å². The van der Waals surface area contributed by atoms with Crippen LogP contribution in [0.2, 0.25) is 0 Å². The molecule has 1 aromatic carbocycles. The highest BCUT2D eigenvalue weighted by atomic mass is 127. The molecule has 0 spiro atoms. The van der Waals surface area contributed by atoms with Gasteiger partial charge in [-0.1, -0.05) is 40.8 Å². The summed E-state index contributed by atoms with van der Waals surface area (Å²) in [4.78, 5) is 20.1. The molecule has 146 valence electrons. The van der Waals surface area contributed by atoms with Crippen molar-refractivity contribution < 1.29 is 4.79 Å². The van der Waals surface area contributed by atoms with Crippen molar-refractivity contribution in [2.75, 3.05) is 35.3 Å². The van der Waals surface area contributed by atoms with E-state index in [1.165, 1.54) is 0 Å². The van der Waals surface area contributed by atoms with Gasteiger partial charge < -0.3 is 20.9 Å². The highest BCUT2D eigenvalue weighted by molar-refractivity contribution is 14.1. The summed E-state index contributed by atoms with van der Waals surface area (Å²) in [7, 11) is 0. The number of nitrogens with one attached hydrogen (secondary N) is 1. The number of nitrogen functional groups attached to an aromatic ring is 1. The number of hydrogen-bond donors (Lipinski definition) is 2. The number of rotatable bonds is 6. The minimum Gasteiger partial charge on any atom is -0.383 e. The molecule has 4 rings (SSSR count). The van der Waals surface area contributed by atoms with E-state index < -0.39 is 0 Å². The normalized spacial score (nSPS) is 16.1. The van der Waals surface area contributed by atoms with Gasteiger partial charge in [0.1, 0.15) is 11.6 Å². The molecule has 0 unspecified atom stereocenters. The molecule has 1 fully saturated rings. The molecule has 0 radical (unpaired) electrons. The lowest BCUT2D eigenvalue weighted by Gasteiger charge is -2.46. The fraction of sp³-hybridized carbons (Fsp3) is 0.316. The number of carbonyl (C=O) groups excluding carboxylic acids is 1. The maximum atomic E-state index is 10.9. The number of anilines is 3. The first kappa shape index (κ1) is 18.8. The van der Waals surface area contributed by atoms with E-state index in [0.717, 1.165) is 49.5 Å². The predicted octanol–water partition coefficient (Wildman–Crippen LogP) is 2.25. The van der Waals surface area contributed by atoms with E-state index in [9.17, 15) is 4.79 Å². The third-order valence-corrected chi connectivity index (χ3v) is 6.77. The molecule has 1 amide bonds. The Bertz CT molecular complexity index is 953. The van der Waals surface area contributed by atoms with Crippen LogP contribution in [0.5, 0.6) is 0 Å². The summed E-state index contributed by atoms with van der Waals surface area (Å²) in [6.45, 7) is 2.18. The van der Waals surface area contributed by atoms with Gasteiger partial charge in [0.05, 0.1) is 16.4 Å². The molecule has 0 atom stereocenters. The SMILES string of the molecule is Nc1cc(N2CCC(I)(N(CNC=O)c3ccccc3)CC2)nc2ccnn12. The topological polar surface area (TPSA) is 91.8 Å². The van der Waals surface area contributed by atoms with E-state index in [4.69, 9.17) is 10.7 Å². The van der Waals surface area contributed by atoms with Crippen molar-refractivity contribution in [1.29, 1.82) is 0 Å². The molecular weight excluding hydrogens is 469 g/mol. The van der Waals surface area contributed by atoms with Gasteiger partial charge in [-0.05, 0) is 25.0 Å². The van der Waals surface area contributed by atoms with Crippen LogP contribution >= 0.6 is 22.6 Å². The first-order chi connectivity index (χ1) is 13.6. The zero-order valence-electron chi connectivity index (χ0n) is 15.3. The molecule has 3 aromatic rings. The Morgan fingerprint density at radius 2 is 2.00 bits per heavy atom. The van der Waals surface area contributed by atoms with E-state index in [1.54, 1.807) is 10.7 Å². The summed E-state index contributed by atoms with van der Waals surface area (Å²) in [5.74, 6) is 1.46. The van der Waals surface area contributed by atoms with Crippen LogP contribution in [0.25, 0.3) is 5.65 Å². The summed E-state index contributed by atoms with van der Waals surface area (Å²) in [5.41, 5.74) is 7.98. The van der Waals surface area contributed by atoms with E-state index in [1.807, 2.05) is 30.3 Å². The summed E-state index contributed by atoms with van der Waals surface area (Å²) >= 11 is 2.53. The first-order valence-electron chi connectivity index (χ1n) is 9.14. The van der Waals surface area contributed by atoms with Crippen molar-refractivity contribution in [3.8, 4) is 0 Å². The van der Waals surface area contributed by atoms with Crippen molar-refractivity contribution in [1.82, 2.24) is 19.9 Å². The number of fused-ring (bicyclic) bond motifs is 1. The molecule has 2 aromatic heterocycles. The predicted molar refractivity (Wildman–Crippen MR) is 119 cm³/mol. The first-order valence-corrected chi connectivity index (χ1v) is 10.2. The number of carbonyl (C=O) groups is 1. The van der Waals surface area contributed by atoms with Crippen molar-refractivity contribution in [3.63, 3.8) is 0 Å². The average molecular weight is 491 g/mol. The number of amides is 1. The molecule has 28 heavy (non-hydrogen) atoms. The maximum Gasteiger partial charge on any atom is 0.208 e. The van der Waals surface area contributed by atoms with E-state index in [-0.39, 0.29) is 3.55 Å². The summed E-state index contributed by atoms with van der Waals surface area (Å²) in [6, 6.07) is 13.9. The number of nitrogens with two attached hydrogens (primary N) is 1. The average Bonchev–Trinajstić information content (AvgIpc) is 3.19. The number of halogens is 1. The van der Waals surface area contributed by atoms with Gasteiger partial charge in [0.2, 0.25) is 6.41 Å². The zero-order chi connectivity index (χ0) is 19.6. The van der Waals surface area contributed by atoms with E-state index >= 15 is 0 Å². The molecule has 3 N–H and O–H groups in total. The van der Waals surface area contributed by atoms with E-state index in [0.29, 0.717) is 12.5 Å². The second kappa shape index (κ2) is 7.82. The van der Waals surface area contributed by atoms with Crippen molar-refractivity contribution in [2.24, 2.45) is 0 Å². The van der Waals surface area contributed by atoms with Crippen LogP contribution in [-0.2, 0) is 4.79 Å². The maximum absolute atomic E-state index is 10.9. The van der Waals surface area contributed by atoms with Crippen LogP contribution in [-0.4, -0.2) is 44.3 Å². The fourth-order valence-electron chi connectivity index (χ4n) is 3.63. The Labute approximate surface area is 176 Å². The molecule has 1 aliphatic rings. The van der Waals surface area contributed by atoms with Crippen LogP contribution in [0.15, 0.2) is 48.7 Å². The molecule has 0 bridgehead atoms. The van der Waals surface area contributed by atoms with Crippen LogP contribution < -0.4 is 20.9 Å². The van der Waals surface area contributed by atoms with Crippen LogP contribution in [0.4, 0.5) is 17.3 Å². The molecule has 0 saturated carbocycles. The number of nitrogens with zero attached hydrogens (tertiary/aromatic N) is 5. The lowest BCUT2D eigenvalue weighted by Crippen LogP contribution is -2.54.